The second-order valence-electron chi connectivity index (χ2n) is 3.35. The van der Waals surface area contributed by atoms with Gasteiger partial charge in [0.1, 0.15) is 11.5 Å². The van der Waals surface area contributed by atoms with Crippen molar-refractivity contribution >= 4 is 29.1 Å². The maximum atomic E-state index is 13.6. The van der Waals surface area contributed by atoms with E-state index in [1.807, 2.05) is 0 Å². The third kappa shape index (κ3) is 2.27. The molecule has 92 valence electrons. The van der Waals surface area contributed by atoms with Crippen LogP contribution in [0.15, 0.2) is 24.3 Å². The van der Waals surface area contributed by atoms with E-state index in [2.05, 4.69) is 9.97 Å². The van der Waals surface area contributed by atoms with E-state index in [0.717, 1.165) is 0 Å². The van der Waals surface area contributed by atoms with Crippen molar-refractivity contribution in [2.75, 3.05) is 0 Å². The lowest BCUT2D eigenvalue weighted by atomic mass is 10.1. The molecule has 2 rings (SSSR count). The van der Waals surface area contributed by atoms with Gasteiger partial charge in [0.05, 0.1) is 0 Å². The first-order valence-electron chi connectivity index (χ1n) is 4.78. The van der Waals surface area contributed by atoms with Crippen LogP contribution < -0.4 is 5.73 Å². The van der Waals surface area contributed by atoms with Gasteiger partial charge in [-0.3, -0.25) is 4.79 Å². The fourth-order valence-electron chi connectivity index (χ4n) is 1.38. The molecule has 7 heteroatoms. The van der Waals surface area contributed by atoms with E-state index in [4.69, 9.17) is 28.9 Å². The maximum Gasteiger partial charge on any atom is 0.270 e. The summed E-state index contributed by atoms with van der Waals surface area (Å²) in [6.45, 7) is 0. The Balaban J connectivity index is 2.64. The van der Waals surface area contributed by atoms with E-state index >= 15 is 0 Å². The second kappa shape index (κ2) is 4.88. The lowest BCUT2D eigenvalue weighted by Gasteiger charge is -2.06. The number of hydrogen-bond donors (Lipinski definition) is 1. The first kappa shape index (κ1) is 12.7. The highest BCUT2D eigenvalue weighted by molar-refractivity contribution is 6.34. The van der Waals surface area contributed by atoms with Crippen LogP contribution in [0.4, 0.5) is 4.39 Å². The van der Waals surface area contributed by atoms with Crippen LogP contribution in [0.3, 0.4) is 0 Å². The highest BCUT2D eigenvalue weighted by Crippen LogP contribution is 2.28. The lowest BCUT2D eigenvalue weighted by Crippen LogP contribution is -2.15. The van der Waals surface area contributed by atoms with Gasteiger partial charge in [-0.15, -0.1) is 0 Å². The monoisotopic (exact) mass is 285 g/mol. The van der Waals surface area contributed by atoms with Crippen LogP contribution in [-0.4, -0.2) is 15.9 Å². The zero-order chi connectivity index (χ0) is 13.3. The van der Waals surface area contributed by atoms with Gasteiger partial charge in [0.15, 0.2) is 16.0 Å². The van der Waals surface area contributed by atoms with Crippen molar-refractivity contribution in [3.63, 3.8) is 0 Å². The van der Waals surface area contributed by atoms with Gasteiger partial charge in [0.25, 0.3) is 5.91 Å². The van der Waals surface area contributed by atoms with E-state index in [-0.39, 0.29) is 27.3 Å². The molecular weight excluding hydrogens is 280 g/mol. The molecule has 0 saturated carbocycles. The Bertz CT molecular complexity index is 634. The predicted octanol–water partition coefficient (Wildman–Crippen LogP) is 2.69. The molecule has 0 unspecified atom stereocenters. The Morgan fingerprint density at radius 3 is 2.44 bits per heavy atom. The maximum absolute atomic E-state index is 13.6. The summed E-state index contributed by atoms with van der Waals surface area (Å²) < 4.78 is 13.6. The minimum Gasteiger partial charge on any atom is -0.364 e. The third-order valence-corrected chi connectivity index (χ3v) is 2.70. The van der Waals surface area contributed by atoms with Crippen molar-refractivity contribution in [3.05, 3.63) is 46.1 Å². The minimum atomic E-state index is -0.852. The highest BCUT2D eigenvalue weighted by Gasteiger charge is 2.17. The van der Waals surface area contributed by atoms with Gasteiger partial charge in [-0.05, 0) is 12.1 Å². The van der Waals surface area contributed by atoms with E-state index in [9.17, 15) is 9.18 Å². The van der Waals surface area contributed by atoms with Gasteiger partial charge in [-0.2, -0.15) is 0 Å². The van der Waals surface area contributed by atoms with Crippen LogP contribution in [0.2, 0.25) is 10.3 Å². The molecule has 1 aromatic carbocycles. The first-order chi connectivity index (χ1) is 8.50. The van der Waals surface area contributed by atoms with Crippen LogP contribution >= 0.6 is 23.2 Å². The molecule has 0 aliphatic heterocycles. The molecule has 0 atom stereocenters. The van der Waals surface area contributed by atoms with Gasteiger partial charge in [0, 0.05) is 5.56 Å². The summed E-state index contributed by atoms with van der Waals surface area (Å²) in [4.78, 5) is 18.6. The summed E-state index contributed by atoms with van der Waals surface area (Å²) in [6.07, 6.45) is 0. The Morgan fingerprint density at radius 1 is 1.17 bits per heavy atom. The van der Waals surface area contributed by atoms with Crippen molar-refractivity contribution in [1.82, 2.24) is 9.97 Å². The van der Waals surface area contributed by atoms with Crippen molar-refractivity contribution < 1.29 is 9.18 Å². The summed E-state index contributed by atoms with van der Waals surface area (Å²) in [5.74, 6) is -1.37. The number of aromatic nitrogens is 2. The molecule has 0 bridgehead atoms. The number of halogens is 3. The van der Waals surface area contributed by atoms with Crippen LogP contribution in [0, 0.1) is 5.82 Å². The highest BCUT2D eigenvalue weighted by atomic mass is 35.5. The summed E-state index contributed by atoms with van der Waals surface area (Å²) in [5.41, 5.74) is 5.00. The van der Waals surface area contributed by atoms with E-state index < -0.39 is 11.7 Å². The fraction of sp³-hybridized carbons (Fsp3) is 0. The Morgan fingerprint density at radius 2 is 1.83 bits per heavy atom. The van der Waals surface area contributed by atoms with Crippen LogP contribution in [0.25, 0.3) is 11.3 Å². The minimum absolute atomic E-state index is 0.0600. The number of amides is 1. The van der Waals surface area contributed by atoms with Crippen LogP contribution in [0.5, 0.6) is 0 Å². The van der Waals surface area contributed by atoms with Gasteiger partial charge >= 0.3 is 0 Å². The smallest absolute Gasteiger partial charge is 0.270 e. The predicted molar refractivity (Wildman–Crippen MR) is 66.0 cm³/mol. The van der Waals surface area contributed by atoms with Crippen molar-refractivity contribution in [3.8, 4) is 11.3 Å². The normalized spacial score (nSPS) is 10.4. The standard InChI is InChI=1S/C11H6Cl2FN3O/c12-9-7(5-3-1-2-4-6(5)14)16-10(13)8(17-9)11(15)18/h1-4H,(H2,15,18). The molecular formula is C11H6Cl2FN3O. The zero-order valence-corrected chi connectivity index (χ0v) is 10.3. The number of carbonyl (C=O) groups excluding carboxylic acids is 1. The van der Waals surface area contributed by atoms with Gasteiger partial charge in [0.2, 0.25) is 0 Å². The number of carbonyl (C=O) groups is 1. The van der Waals surface area contributed by atoms with Crippen molar-refractivity contribution in [2.24, 2.45) is 5.73 Å². The first-order valence-corrected chi connectivity index (χ1v) is 5.54. The number of primary amides is 1. The summed E-state index contributed by atoms with van der Waals surface area (Å²) >= 11 is 11.6. The molecule has 18 heavy (non-hydrogen) atoms. The molecule has 0 radical (unpaired) electrons. The molecule has 4 nitrogen and oxygen atoms in total. The molecule has 0 spiro atoms. The van der Waals surface area contributed by atoms with Gasteiger partial charge in [-0.1, -0.05) is 35.3 Å². The summed E-state index contributed by atoms with van der Waals surface area (Å²) in [7, 11) is 0. The SMILES string of the molecule is NC(=O)c1nc(Cl)c(-c2ccccc2F)nc1Cl. The van der Waals surface area contributed by atoms with E-state index in [1.165, 1.54) is 18.2 Å². The van der Waals surface area contributed by atoms with Gasteiger partial charge in [-0.25, -0.2) is 14.4 Å². The summed E-state index contributed by atoms with van der Waals surface area (Å²) in [5, 5.41) is -0.358. The average Bonchev–Trinajstić information content (AvgIpc) is 2.32. The Kier molecular flexibility index (Phi) is 3.45. The molecule has 0 aliphatic carbocycles. The molecule has 0 aliphatic rings. The molecule has 1 heterocycles. The molecule has 1 amide bonds. The third-order valence-electron chi connectivity index (χ3n) is 2.17. The fourth-order valence-corrected chi connectivity index (χ4v) is 1.82. The quantitative estimate of drug-likeness (QED) is 0.922. The second-order valence-corrected chi connectivity index (χ2v) is 4.06. The Labute approximate surface area is 112 Å². The molecule has 2 N–H and O–H groups in total. The van der Waals surface area contributed by atoms with E-state index in [1.54, 1.807) is 6.07 Å². The summed E-state index contributed by atoms with van der Waals surface area (Å²) in [6, 6.07) is 5.88. The van der Waals surface area contributed by atoms with Crippen molar-refractivity contribution in [2.45, 2.75) is 0 Å². The number of nitrogens with two attached hydrogens (primary N) is 1. The Hall–Kier alpha value is -1.72. The topological polar surface area (TPSA) is 68.9 Å². The number of hydrogen-bond acceptors (Lipinski definition) is 3. The number of nitrogens with zero attached hydrogens (tertiary/aromatic N) is 2. The van der Waals surface area contributed by atoms with E-state index in [0.29, 0.717) is 0 Å². The molecule has 0 saturated heterocycles. The lowest BCUT2D eigenvalue weighted by molar-refractivity contribution is 0.0995. The molecule has 0 fully saturated rings. The molecule has 2 aromatic rings. The number of rotatable bonds is 2. The van der Waals surface area contributed by atoms with Crippen LogP contribution in [-0.2, 0) is 0 Å². The van der Waals surface area contributed by atoms with Gasteiger partial charge < -0.3 is 5.73 Å². The van der Waals surface area contributed by atoms with Crippen molar-refractivity contribution in [1.29, 1.82) is 0 Å². The molecule has 1 aromatic heterocycles. The zero-order valence-electron chi connectivity index (χ0n) is 8.82. The van der Waals surface area contributed by atoms with Crippen LogP contribution in [0.1, 0.15) is 10.5 Å². The largest absolute Gasteiger partial charge is 0.364 e. The average molecular weight is 286 g/mol. The number of benzene rings is 1.